The Kier molecular flexibility index (Phi) is 3.34. The zero-order valence-electron chi connectivity index (χ0n) is 12.1. The number of rotatable bonds is 3. The van der Waals surface area contributed by atoms with E-state index in [0.717, 1.165) is 16.5 Å². The lowest BCUT2D eigenvalue weighted by atomic mass is 9.79. The predicted octanol–water partition coefficient (Wildman–Crippen LogP) is 4.35. The summed E-state index contributed by atoms with van der Waals surface area (Å²) in [6.45, 7) is 3.66. The maximum Gasteiger partial charge on any atom is 0.167 e. The number of carbonyl (C=O) groups excluding carboxylic acids is 1. The SMILES string of the molecule is CCC(=O)C1=C(O)C(C)C1=Nc1cccc2ccccc12. The second kappa shape index (κ2) is 5.17. The summed E-state index contributed by atoms with van der Waals surface area (Å²) in [5.74, 6) is -0.0557. The molecule has 106 valence electrons. The molecule has 0 aliphatic heterocycles. The molecule has 0 radical (unpaired) electrons. The molecule has 1 N–H and O–H groups in total. The summed E-state index contributed by atoms with van der Waals surface area (Å²) in [5.41, 5.74) is 1.93. The van der Waals surface area contributed by atoms with E-state index in [9.17, 15) is 9.90 Å². The number of ketones is 1. The molecule has 0 saturated carbocycles. The first-order valence-corrected chi connectivity index (χ1v) is 7.16. The van der Waals surface area contributed by atoms with Crippen molar-refractivity contribution in [1.82, 2.24) is 0 Å². The van der Waals surface area contributed by atoms with Crippen LogP contribution in [-0.4, -0.2) is 16.6 Å². The summed E-state index contributed by atoms with van der Waals surface area (Å²) in [5, 5.41) is 12.1. The highest BCUT2D eigenvalue weighted by molar-refractivity contribution is 6.29. The van der Waals surface area contributed by atoms with Crippen molar-refractivity contribution >= 4 is 28.0 Å². The number of nitrogens with zero attached hydrogens (tertiary/aromatic N) is 1. The van der Waals surface area contributed by atoms with Crippen LogP contribution < -0.4 is 0 Å². The van der Waals surface area contributed by atoms with Crippen molar-refractivity contribution in [3.63, 3.8) is 0 Å². The lowest BCUT2D eigenvalue weighted by molar-refractivity contribution is -0.115. The second-order valence-corrected chi connectivity index (χ2v) is 5.25. The monoisotopic (exact) mass is 279 g/mol. The third kappa shape index (κ3) is 2.15. The van der Waals surface area contributed by atoms with Gasteiger partial charge in [-0.25, -0.2) is 0 Å². The molecular weight excluding hydrogens is 262 g/mol. The maximum absolute atomic E-state index is 11.9. The van der Waals surface area contributed by atoms with Gasteiger partial charge in [0.15, 0.2) is 5.78 Å². The Balaban J connectivity index is 2.11. The number of aliphatic hydroxyl groups is 1. The Bertz CT molecular complexity index is 781. The number of aliphatic imine (C=N–C) groups is 1. The lowest BCUT2D eigenvalue weighted by Gasteiger charge is -2.27. The zero-order valence-corrected chi connectivity index (χ0v) is 12.1. The number of Topliss-reactive ketones (excluding diaryl/α,β-unsaturated/α-hetero) is 1. The number of aliphatic hydroxyl groups excluding tert-OH is 1. The number of fused-ring (bicyclic) bond motifs is 1. The molecule has 1 atom stereocenters. The highest BCUT2D eigenvalue weighted by Crippen LogP contribution is 2.35. The Hall–Kier alpha value is -2.42. The van der Waals surface area contributed by atoms with Crippen molar-refractivity contribution in [2.75, 3.05) is 0 Å². The van der Waals surface area contributed by atoms with Crippen molar-refractivity contribution in [2.24, 2.45) is 10.9 Å². The third-order valence-electron chi connectivity index (χ3n) is 3.94. The largest absolute Gasteiger partial charge is 0.511 e. The van der Waals surface area contributed by atoms with Gasteiger partial charge in [-0.05, 0) is 18.4 Å². The number of benzene rings is 2. The first kappa shape index (κ1) is 13.6. The van der Waals surface area contributed by atoms with Gasteiger partial charge in [0, 0.05) is 11.8 Å². The Morgan fingerprint density at radius 1 is 1.19 bits per heavy atom. The molecular formula is C18H17NO2. The maximum atomic E-state index is 11.9. The minimum atomic E-state index is -0.172. The summed E-state index contributed by atoms with van der Waals surface area (Å²) in [4.78, 5) is 16.6. The fraction of sp³-hybridized carbons (Fsp3) is 0.222. The normalized spacial score (nSPS) is 19.9. The van der Waals surface area contributed by atoms with Crippen LogP contribution in [0.2, 0.25) is 0 Å². The van der Waals surface area contributed by atoms with Gasteiger partial charge < -0.3 is 5.11 Å². The average Bonchev–Trinajstić information content (AvgIpc) is 2.53. The van der Waals surface area contributed by atoms with Gasteiger partial charge in [0.05, 0.1) is 22.9 Å². The van der Waals surface area contributed by atoms with Crippen LogP contribution in [0.3, 0.4) is 0 Å². The van der Waals surface area contributed by atoms with Gasteiger partial charge in [0.2, 0.25) is 0 Å². The van der Waals surface area contributed by atoms with E-state index in [1.165, 1.54) is 0 Å². The van der Waals surface area contributed by atoms with Crippen LogP contribution >= 0.6 is 0 Å². The summed E-state index contributed by atoms with van der Waals surface area (Å²) in [6.07, 6.45) is 0.376. The molecule has 3 rings (SSSR count). The number of hydrogen-bond donors (Lipinski definition) is 1. The molecule has 0 heterocycles. The smallest absolute Gasteiger partial charge is 0.167 e. The molecule has 1 aliphatic carbocycles. The number of hydrogen-bond acceptors (Lipinski definition) is 3. The Labute approximate surface area is 123 Å². The van der Waals surface area contributed by atoms with E-state index in [2.05, 4.69) is 4.99 Å². The van der Waals surface area contributed by atoms with Gasteiger partial charge >= 0.3 is 0 Å². The minimum absolute atomic E-state index is 0.0513. The molecule has 0 spiro atoms. The molecule has 0 saturated heterocycles. The van der Waals surface area contributed by atoms with Crippen LogP contribution in [-0.2, 0) is 4.79 Å². The number of allylic oxidation sites excluding steroid dienone is 2. The molecule has 1 aliphatic rings. The van der Waals surface area contributed by atoms with Crippen LogP contribution in [0.25, 0.3) is 10.8 Å². The second-order valence-electron chi connectivity index (χ2n) is 5.25. The fourth-order valence-corrected chi connectivity index (χ4v) is 2.67. The standard InChI is InChI=1S/C18H17NO2/c1-3-15(20)16-17(11(2)18(16)21)19-14-10-6-8-12-7-4-5-9-13(12)14/h4-11,21H,3H2,1-2H3. The molecule has 0 fully saturated rings. The highest BCUT2D eigenvalue weighted by atomic mass is 16.3. The quantitative estimate of drug-likeness (QED) is 0.907. The summed E-state index contributed by atoms with van der Waals surface area (Å²) < 4.78 is 0. The van der Waals surface area contributed by atoms with E-state index in [0.29, 0.717) is 17.7 Å². The molecule has 1 unspecified atom stereocenters. The van der Waals surface area contributed by atoms with Crippen LogP contribution in [0.1, 0.15) is 20.3 Å². The van der Waals surface area contributed by atoms with Crippen LogP contribution in [0.4, 0.5) is 5.69 Å². The third-order valence-corrected chi connectivity index (χ3v) is 3.94. The molecule has 21 heavy (non-hydrogen) atoms. The van der Waals surface area contributed by atoms with Gasteiger partial charge in [0.25, 0.3) is 0 Å². The van der Waals surface area contributed by atoms with Crippen LogP contribution in [0.5, 0.6) is 0 Å². The van der Waals surface area contributed by atoms with Crippen molar-refractivity contribution < 1.29 is 9.90 Å². The lowest BCUT2D eigenvalue weighted by Crippen LogP contribution is -2.33. The van der Waals surface area contributed by atoms with E-state index in [-0.39, 0.29) is 17.5 Å². The van der Waals surface area contributed by atoms with Crippen molar-refractivity contribution in [3.8, 4) is 0 Å². The van der Waals surface area contributed by atoms with E-state index in [1.807, 2.05) is 49.4 Å². The molecule has 0 aromatic heterocycles. The Morgan fingerprint density at radius 3 is 2.67 bits per heavy atom. The van der Waals surface area contributed by atoms with Gasteiger partial charge in [0.1, 0.15) is 5.76 Å². The van der Waals surface area contributed by atoms with Crippen molar-refractivity contribution in [3.05, 3.63) is 53.8 Å². The number of carbonyl (C=O) groups is 1. The summed E-state index contributed by atoms with van der Waals surface area (Å²) >= 11 is 0. The van der Waals surface area contributed by atoms with Crippen molar-refractivity contribution in [1.29, 1.82) is 0 Å². The molecule has 0 amide bonds. The first-order valence-electron chi connectivity index (χ1n) is 7.16. The fourth-order valence-electron chi connectivity index (χ4n) is 2.67. The average molecular weight is 279 g/mol. The summed E-state index contributed by atoms with van der Waals surface area (Å²) in [7, 11) is 0. The van der Waals surface area contributed by atoms with Gasteiger partial charge in [-0.2, -0.15) is 0 Å². The molecule has 2 aromatic rings. The van der Waals surface area contributed by atoms with Gasteiger partial charge in [-0.1, -0.05) is 43.3 Å². The molecule has 0 bridgehead atoms. The van der Waals surface area contributed by atoms with Gasteiger partial charge in [-0.3, -0.25) is 9.79 Å². The van der Waals surface area contributed by atoms with Gasteiger partial charge in [-0.15, -0.1) is 0 Å². The van der Waals surface area contributed by atoms with E-state index in [1.54, 1.807) is 6.92 Å². The molecule has 3 nitrogen and oxygen atoms in total. The molecule has 2 aromatic carbocycles. The highest BCUT2D eigenvalue weighted by Gasteiger charge is 2.37. The summed E-state index contributed by atoms with van der Waals surface area (Å²) in [6, 6.07) is 13.9. The predicted molar refractivity (Wildman–Crippen MR) is 85.2 cm³/mol. The topological polar surface area (TPSA) is 49.7 Å². The first-order chi connectivity index (χ1) is 10.1. The van der Waals surface area contributed by atoms with Crippen molar-refractivity contribution in [2.45, 2.75) is 20.3 Å². The Morgan fingerprint density at radius 2 is 1.90 bits per heavy atom. The van der Waals surface area contributed by atoms with Crippen LogP contribution in [0.15, 0.2) is 58.8 Å². The van der Waals surface area contributed by atoms with E-state index >= 15 is 0 Å². The van der Waals surface area contributed by atoms with E-state index < -0.39 is 0 Å². The minimum Gasteiger partial charge on any atom is -0.511 e. The van der Waals surface area contributed by atoms with Crippen LogP contribution in [0, 0.1) is 5.92 Å². The molecule has 3 heteroatoms. The zero-order chi connectivity index (χ0) is 15.0. The van der Waals surface area contributed by atoms with E-state index in [4.69, 9.17) is 0 Å².